The Bertz CT molecular complexity index is 657. The van der Waals surface area contributed by atoms with Crippen LogP contribution in [-0.4, -0.2) is 28.6 Å². The van der Waals surface area contributed by atoms with E-state index in [1.54, 1.807) is 18.2 Å². The molecule has 0 aliphatic rings. The number of halogens is 1. The number of tetrazole rings is 1. The summed E-state index contributed by atoms with van der Waals surface area (Å²) in [5.74, 6) is 5.15. The molecule has 0 saturated carbocycles. The second kappa shape index (κ2) is 5.82. The van der Waals surface area contributed by atoms with Gasteiger partial charge in [-0.1, -0.05) is 17.2 Å². The summed E-state index contributed by atoms with van der Waals surface area (Å²) in [6, 6.07) is 6.20. The normalized spacial score (nSPS) is 10.6. The number of hydrogen-bond donors (Lipinski definition) is 3. The first-order chi connectivity index (χ1) is 8.53. The highest BCUT2D eigenvalue weighted by Gasteiger charge is 2.19. The number of sulfonamides is 1. The van der Waals surface area contributed by atoms with Gasteiger partial charge in [-0.25, -0.2) is 13.1 Å². The molecule has 1 aromatic heterocycles. The summed E-state index contributed by atoms with van der Waals surface area (Å²) in [6.45, 7) is 0. The molecule has 0 saturated heterocycles. The smallest absolute Gasteiger partial charge is 0.277 e. The molecular formula is C8H12ClN7O2S. The lowest BCUT2D eigenvalue weighted by Crippen LogP contribution is -2.18. The molecule has 1 aromatic carbocycles. The molecule has 0 bridgehead atoms. The van der Waals surface area contributed by atoms with E-state index in [9.17, 15) is 8.42 Å². The van der Waals surface area contributed by atoms with Crippen molar-refractivity contribution < 1.29 is 8.42 Å². The number of benzene rings is 1. The Morgan fingerprint density at radius 1 is 1.32 bits per heavy atom. The lowest BCUT2D eigenvalue weighted by molar-refractivity contribution is 0.601. The van der Waals surface area contributed by atoms with E-state index in [0.29, 0.717) is 0 Å². The SMILES string of the molecule is Cl.Cn1nnc(NS(=O)(=O)c2ccccc2NN)n1. The molecular weight excluding hydrogens is 294 g/mol. The van der Waals surface area contributed by atoms with Crippen molar-refractivity contribution in [1.82, 2.24) is 20.2 Å². The van der Waals surface area contributed by atoms with Crippen LogP contribution < -0.4 is 16.0 Å². The number of nitrogen functional groups attached to an aromatic ring is 1. The number of anilines is 2. The Labute approximate surface area is 115 Å². The predicted molar refractivity (Wildman–Crippen MR) is 71.1 cm³/mol. The van der Waals surface area contributed by atoms with Crippen molar-refractivity contribution in [3.05, 3.63) is 24.3 Å². The number of para-hydroxylation sites is 1. The van der Waals surface area contributed by atoms with E-state index in [2.05, 4.69) is 25.6 Å². The Balaban J connectivity index is 0.00000180. The van der Waals surface area contributed by atoms with Gasteiger partial charge in [-0.2, -0.15) is 4.80 Å². The molecule has 0 radical (unpaired) electrons. The topological polar surface area (TPSA) is 128 Å². The summed E-state index contributed by atoms with van der Waals surface area (Å²) in [4.78, 5) is 1.14. The van der Waals surface area contributed by atoms with Gasteiger partial charge in [0.25, 0.3) is 16.0 Å². The van der Waals surface area contributed by atoms with E-state index < -0.39 is 10.0 Å². The number of nitrogens with two attached hydrogens (primary N) is 1. The van der Waals surface area contributed by atoms with Crippen molar-refractivity contribution in [2.45, 2.75) is 4.90 Å². The van der Waals surface area contributed by atoms with Crippen molar-refractivity contribution in [2.24, 2.45) is 12.9 Å². The number of hydrazine groups is 1. The van der Waals surface area contributed by atoms with Crippen LogP contribution in [0.25, 0.3) is 0 Å². The van der Waals surface area contributed by atoms with Crippen LogP contribution in [0, 0.1) is 0 Å². The molecule has 11 heteroatoms. The van der Waals surface area contributed by atoms with Crippen molar-refractivity contribution >= 4 is 34.1 Å². The van der Waals surface area contributed by atoms with Gasteiger partial charge < -0.3 is 5.43 Å². The van der Waals surface area contributed by atoms with Crippen LogP contribution in [0.3, 0.4) is 0 Å². The zero-order valence-corrected chi connectivity index (χ0v) is 11.4. The number of hydrogen-bond acceptors (Lipinski definition) is 7. The van der Waals surface area contributed by atoms with Gasteiger partial charge in [0, 0.05) is 0 Å². The van der Waals surface area contributed by atoms with E-state index in [1.165, 1.54) is 13.1 Å². The van der Waals surface area contributed by atoms with Crippen molar-refractivity contribution in [2.75, 3.05) is 10.1 Å². The molecule has 19 heavy (non-hydrogen) atoms. The minimum Gasteiger partial charge on any atom is -0.323 e. The van der Waals surface area contributed by atoms with Gasteiger partial charge in [-0.05, 0) is 17.3 Å². The molecule has 0 fully saturated rings. The van der Waals surface area contributed by atoms with Gasteiger partial charge in [0.05, 0.1) is 12.7 Å². The van der Waals surface area contributed by atoms with Gasteiger partial charge in [0.15, 0.2) is 0 Å². The Kier molecular flexibility index (Phi) is 4.64. The maximum absolute atomic E-state index is 12.1. The summed E-state index contributed by atoms with van der Waals surface area (Å²) in [5, 5.41) is 10.8. The summed E-state index contributed by atoms with van der Waals surface area (Å²) < 4.78 is 26.3. The minimum absolute atomic E-state index is 0. The van der Waals surface area contributed by atoms with Gasteiger partial charge in [0.2, 0.25) is 0 Å². The van der Waals surface area contributed by atoms with Crippen LogP contribution in [0.1, 0.15) is 0 Å². The van der Waals surface area contributed by atoms with Crippen molar-refractivity contribution in [3.63, 3.8) is 0 Å². The first kappa shape index (κ1) is 15.1. The third kappa shape index (κ3) is 3.30. The van der Waals surface area contributed by atoms with E-state index >= 15 is 0 Å². The van der Waals surface area contributed by atoms with E-state index in [0.717, 1.165) is 4.80 Å². The fourth-order valence-electron chi connectivity index (χ4n) is 1.32. The standard InChI is InChI=1S/C8H11N7O2S.ClH/c1-15-12-8(11-14-15)13-18(16,17)7-5-3-2-4-6(7)10-9;/h2-5,10H,9H2,1H3,(H,12,13);1H. The predicted octanol–water partition coefficient (Wildman–Crippen LogP) is -0.282. The number of rotatable bonds is 4. The Hall–Kier alpha value is -1.91. The fourth-order valence-corrected chi connectivity index (χ4v) is 2.43. The molecule has 4 N–H and O–H groups in total. The minimum atomic E-state index is -3.81. The van der Waals surface area contributed by atoms with Crippen LogP contribution in [0.5, 0.6) is 0 Å². The van der Waals surface area contributed by atoms with Crippen molar-refractivity contribution in [1.29, 1.82) is 0 Å². The average Bonchev–Trinajstić information content (AvgIpc) is 2.74. The monoisotopic (exact) mass is 305 g/mol. The van der Waals surface area contributed by atoms with E-state index in [1.807, 2.05) is 0 Å². The van der Waals surface area contributed by atoms with Gasteiger partial charge in [-0.3, -0.25) is 5.84 Å². The van der Waals surface area contributed by atoms with Crippen LogP contribution in [-0.2, 0) is 17.1 Å². The third-order valence-corrected chi connectivity index (χ3v) is 3.45. The van der Waals surface area contributed by atoms with Gasteiger partial charge >= 0.3 is 0 Å². The third-order valence-electron chi connectivity index (χ3n) is 2.07. The Morgan fingerprint density at radius 3 is 2.58 bits per heavy atom. The summed E-state index contributed by atoms with van der Waals surface area (Å²) in [6.07, 6.45) is 0. The lowest BCUT2D eigenvalue weighted by atomic mass is 10.3. The molecule has 0 atom stereocenters. The molecule has 9 nitrogen and oxygen atoms in total. The second-order valence-corrected chi connectivity index (χ2v) is 5.00. The van der Waals surface area contributed by atoms with Gasteiger partial charge in [-0.15, -0.1) is 17.5 Å². The molecule has 2 rings (SSSR count). The summed E-state index contributed by atoms with van der Waals surface area (Å²) in [5.41, 5.74) is 2.58. The number of aryl methyl sites for hydroxylation is 1. The Morgan fingerprint density at radius 2 is 2.00 bits per heavy atom. The largest absolute Gasteiger partial charge is 0.323 e. The number of nitrogens with zero attached hydrogens (tertiary/aromatic N) is 4. The lowest BCUT2D eigenvalue weighted by Gasteiger charge is -2.09. The van der Waals surface area contributed by atoms with E-state index in [4.69, 9.17) is 5.84 Å². The first-order valence-electron chi connectivity index (χ1n) is 4.85. The molecule has 0 spiro atoms. The highest BCUT2D eigenvalue weighted by molar-refractivity contribution is 7.92. The summed E-state index contributed by atoms with van der Waals surface area (Å²) >= 11 is 0. The number of nitrogens with one attached hydrogen (secondary N) is 2. The second-order valence-electron chi connectivity index (χ2n) is 3.35. The molecule has 0 amide bonds. The molecule has 0 unspecified atom stereocenters. The quantitative estimate of drug-likeness (QED) is 0.523. The van der Waals surface area contributed by atoms with Crippen LogP contribution in [0.2, 0.25) is 0 Å². The van der Waals surface area contributed by atoms with Crippen LogP contribution in [0.15, 0.2) is 29.2 Å². The van der Waals surface area contributed by atoms with E-state index in [-0.39, 0.29) is 28.9 Å². The average molecular weight is 306 g/mol. The zero-order valence-electron chi connectivity index (χ0n) is 9.81. The highest BCUT2D eigenvalue weighted by atomic mass is 35.5. The van der Waals surface area contributed by atoms with Gasteiger partial charge in [0.1, 0.15) is 4.90 Å². The maximum Gasteiger partial charge on any atom is 0.277 e. The fraction of sp³-hybridized carbons (Fsp3) is 0.125. The molecule has 2 aromatic rings. The van der Waals surface area contributed by atoms with Crippen molar-refractivity contribution in [3.8, 4) is 0 Å². The molecule has 104 valence electrons. The van der Waals surface area contributed by atoms with Crippen LogP contribution >= 0.6 is 12.4 Å². The molecule has 1 heterocycles. The molecule has 0 aliphatic carbocycles. The van der Waals surface area contributed by atoms with Crippen LogP contribution in [0.4, 0.5) is 11.6 Å². The first-order valence-corrected chi connectivity index (χ1v) is 6.34. The maximum atomic E-state index is 12.1. The number of aromatic nitrogens is 4. The molecule has 0 aliphatic heterocycles. The zero-order chi connectivity index (χ0) is 13.2. The highest BCUT2D eigenvalue weighted by Crippen LogP contribution is 2.21. The summed E-state index contributed by atoms with van der Waals surface area (Å²) in [7, 11) is -2.29.